The molecule has 0 spiro atoms. The Kier molecular flexibility index (Phi) is 5.56. The Morgan fingerprint density at radius 2 is 1.89 bits per heavy atom. The van der Waals surface area contributed by atoms with Crippen LogP contribution in [0.3, 0.4) is 0 Å². The number of amides is 1. The number of hydrogen-bond donors (Lipinski definition) is 1. The Hall–Kier alpha value is -2.34. The van der Waals surface area contributed by atoms with Crippen molar-refractivity contribution in [3.05, 3.63) is 64.7 Å². The van der Waals surface area contributed by atoms with E-state index in [1.807, 2.05) is 32.9 Å². The van der Waals surface area contributed by atoms with E-state index >= 15 is 0 Å². The first-order valence-corrected chi connectivity index (χ1v) is 10.9. The molecule has 0 aliphatic carbocycles. The zero-order valence-corrected chi connectivity index (χ0v) is 16.8. The van der Waals surface area contributed by atoms with Crippen LogP contribution in [-0.2, 0) is 10.0 Å². The maximum Gasteiger partial charge on any atom is 0.251 e. The molecule has 2 aromatic rings. The van der Waals surface area contributed by atoms with Crippen molar-refractivity contribution < 1.29 is 13.2 Å². The summed E-state index contributed by atoms with van der Waals surface area (Å²) in [5.41, 5.74) is 4.41. The lowest BCUT2D eigenvalue weighted by Gasteiger charge is -2.28. The average molecular weight is 387 g/mol. The monoisotopic (exact) mass is 386 g/mol. The van der Waals surface area contributed by atoms with Crippen LogP contribution in [0.5, 0.6) is 0 Å². The molecule has 0 bridgehead atoms. The molecule has 0 saturated carbocycles. The van der Waals surface area contributed by atoms with Crippen molar-refractivity contribution in [1.29, 1.82) is 0 Å². The number of sulfonamides is 1. The lowest BCUT2D eigenvalue weighted by atomic mass is 10.00. The third-order valence-electron chi connectivity index (χ3n) is 4.99. The van der Waals surface area contributed by atoms with Crippen LogP contribution in [-0.4, -0.2) is 26.6 Å². The summed E-state index contributed by atoms with van der Waals surface area (Å²) in [6.45, 7) is 6.49. The summed E-state index contributed by atoms with van der Waals surface area (Å²) in [5, 5.41) is 3.02. The summed E-state index contributed by atoms with van der Waals surface area (Å²) in [5.74, 6) is -0.0496. The van der Waals surface area contributed by atoms with Gasteiger partial charge in [0.05, 0.1) is 17.5 Å². The van der Waals surface area contributed by atoms with Crippen molar-refractivity contribution in [2.24, 2.45) is 0 Å². The van der Waals surface area contributed by atoms with E-state index in [4.69, 9.17) is 0 Å². The van der Waals surface area contributed by atoms with Gasteiger partial charge in [-0.3, -0.25) is 9.10 Å². The second-order valence-electron chi connectivity index (χ2n) is 7.20. The number of nitrogens with zero attached hydrogens (tertiary/aromatic N) is 1. The minimum atomic E-state index is -3.29. The molecule has 1 aliphatic rings. The average Bonchev–Trinajstić information content (AvgIpc) is 2.61. The van der Waals surface area contributed by atoms with Gasteiger partial charge in [-0.15, -0.1) is 0 Å². The first kappa shape index (κ1) is 19.4. The Morgan fingerprint density at radius 1 is 1.11 bits per heavy atom. The molecule has 1 fully saturated rings. The molecular formula is C21H26N2O3S. The first-order valence-electron chi connectivity index (χ1n) is 9.26. The molecule has 27 heavy (non-hydrogen) atoms. The molecule has 1 atom stereocenters. The predicted octanol–water partition coefficient (Wildman–Crippen LogP) is 3.72. The molecule has 1 amide bonds. The van der Waals surface area contributed by atoms with Crippen molar-refractivity contribution in [3.8, 4) is 0 Å². The Morgan fingerprint density at radius 3 is 2.59 bits per heavy atom. The lowest BCUT2D eigenvalue weighted by Crippen LogP contribution is -2.38. The topological polar surface area (TPSA) is 66.5 Å². The number of nitrogens with one attached hydrogen (secondary N) is 1. The largest absolute Gasteiger partial charge is 0.346 e. The highest BCUT2D eigenvalue weighted by molar-refractivity contribution is 7.92. The van der Waals surface area contributed by atoms with Crippen LogP contribution < -0.4 is 9.62 Å². The number of rotatable bonds is 4. The van der Waals surface area contributed by atoms with Gasteiger partial charge in [-0.2, -0.15) is 0 Å². The molecular weight excluding hydrogens is 360 g/mol. The van der Waals surface area contributed by atoms with E-state index in [-0.39, 0.29) is 17.7 Å². The summed E-state index contributed by atoms with van der Waals surface area (Å²) in [7, 11) is -3.29. The first-order chi connectivity index (χ1) is 12.8. The molecule has 144 valence electrons. The summed E-state index contributed by atoms with van der Waals surface area (Å²) in [6.07, 6.45) is 1.52. The number of carbonyl (C=O) groups is 1. The minimum absolute atomic E-state index is 0.138. The van der Waals surface area contributed by atoms with Gasteiger partial charge >= 0.3 is 0 Å². The molecule has 1 unspecified atom stereocenters. The highest BCUT2D eigenvalue weighted by Gasteiger charge is 2.26. The second kappa shape index (κ2) is 7.72. The maximum absolute atomic E-state index is 12.7. The molecule has 0 aromatic heterocycles. The highest BCUT2D eigenvalue weighted by atomic mass is 32.2. The van der Waals surface area contributed by atoms with Crippen LogP contribution in [0.25, 0.3) is 0 Å². The van der Waals surface area contributed by atoms with E-state index in [0.29, 0.717) is 24.2 Å². The van der Waals surface area contributed by atoms with Crippen LogP contribution >= 0.6 is 0 Å². The van der Waals surface area contributed by atoms with Crippen LogP contribution in [0.2, 0.25) is 0 Å². The SMILES string of the molecule is Cc1ccc(C(C)NC(=O)c2cccc(N3CCCCS3(=O)=O)c2)c(C)c1. The van der Waals surface area contributed by atoms with Crippen LogP contribution in [0.15, 0.2) is 42.5 Å². The van der Waals surface area contributed by atoms with Gasteiger partial charge in [0.1, 0.15) is 0 Å². The molecule has 1 saturated heterocycles. The fraction of sp³-hybridized carbons (Fsp3) is 0.381. The van der Waals surface area contributed by atoms with Crippen molar-refractivity contribution >= 4 is 21.6 Å². The van der Waals surface area contributed by atoms with E-state index in [2.05, 4.69) is 11.4 Å². The van der Waals surface area contributed by atoms with E-state index in [9.17, 15) is 13.2 Å². The summed E-state index contributed by atoms with van der Waals surface area (Å²) < 4.78 is 26.1. The smallest absolute Gasteiger partial charge is 0.251 e. The number of anilines is 1. The van der Waals surface area contributed by atoms with E-state index in [1.54, 1.807) is 24.3 Å². The quantitative estimate of drug-likeness (QED) is 0.871. The normalized spacial score (nSPS) is 17.4. The van der Waals surface area contributed by atoms with Gasteiger partial charge < -0.3 is 5.32 Å². The third kappa shape index (κ3) is 4.33. The van der Waals surface area contributed by atoms with E-state index in [1.165, 1.54) is 9.87 Å². The molecule has 5 nitrogen and oxygen atoms in total. The van der Waals surface area contributed by atoms with Gasteiger partial charge in [0.25, 0.3) is 5.91 Å². The highest BCUT2D eigenvalue weighted by Crippen LogP contribution is 2.25. The molecule has 6 heteroatoms. The molecule has 0 radical (unpaired) electrons. The number of carbonyl (C=O) groups excluding carboxylic acids is 1. The Balaban J connectivity index is 1.79. The van der Waals surface area contributed by atoms with Crippen molar-refractivity contribution in [2.45, 2.75) is 39.7 Å². The number of hydrogen-bond acceptors (Lipinski definition) is 3. The van der Waals surface area contributed by atoms with Crippen molar-refractivity contribution in [1.82, 2.24) is 5.32 Å². The molecule has 3 rings (SSSR count). The molecule has 1 aliphatic heterocycles. The second-order valence-corrected chi connectivity index (χ2v) is 9.21. The predicted molar refractivity (Wildman–Crippen MR) is 109 cm³/mol. The van der Waals surface area contributed by atoms with Gasteiger partial charge in [0.2, 0.25) is 10.0 Å². The summed E-state index contributed by atoms with van der Waals surface area (Å²) in [6, 6.07) is 12.9. The fourth-order valence-corrected chi connectivity index (χ4v) is 5.18. The third-order valence-corrected chi connectivity index (χ3v) is 6.85. The van der Waals surface area contributed by atoms with E-state index in [0.717, 1.165) is 17.5 Å². The standard InChI is InChI=1S/C21H26N2O3S/c1-15-9-10-20(16(2)13-15)17(3)22-21(24)18-7-6-8-19(14-18)23-11-4-5-12-27(23,25)26/h6-10,13-14,17H,4-5,11-12H2,1-3H3,(H,22,24). The summed E-state index contributed by atoms with van der Waals surface area (Å²) >= 11 is 0. The Bertz CT molecular complexity index is 954. The van der Waals surface area contributed by atoms with Gasteiger partial charge in [-0.05, 0) is 62.9 Å². The van der Waals surface area contributed by atoms with Gasteiger partial charge in [-0.1, -0.05) is 29.8 Å². The lowest BCUT2D eigenvalue weighted by molar-refractivity contribution is 0.0940. The molecule has 1 heterocycles. The van der Waals surface area contributed by atoms with Crippen molar-refractivity contribution in [3.63, 3.8) is 0 Å². The fourth-order valence-electron chi connectivity index (χ4n) is 3.55. The van der Waals surface area contributed by atoms with Crippen LogP contribution in [0.1, 0.15) is 52.9 Å². The molecule has 2 aromatic carbocycles. The van der Waals surface area contributed by atoms with Gasteiger partial charge in [0, 0.05) is 12.1 Å². The Labute approximate surface area is 161 Å². The van der Waals surface area contributed by atoms with E-state index < -0.39 is 10.0 Å². The summed E-state index contributed by atoms with van der Waals surface area (Å²) in [4.78, 5) is 12.7. The zero-order valence-electron chi connectivity index (χ0n) is 16.0. The van der Waals surface area contributed by atoms with Crippen LogP contribution in [0.4, 0.5) is 5.69 Å². The van der Waals surface area contributed by atoms with Crippen molar-refractivity contribution in [2.75, 3.05) is 16.6 Å². The maximum atomic E-state index is 12.7. The van der Waals surface area contributed by atoms with Gasteiger partial charge in [0.15, 0.2) is 0 Å². The van der Waals surface area contributed by atoms with Crippen LogP contribution in [0, 0.1) is 13.8 Å². The van der Waals surface area contributed by atoms with Gasteiger partial charge in [-0.25, -0.2) is 8.42 Å². The zero-order chi connectivity index (χ0) is 19.6. The number of benzene rings is 2. The molecule has 1 N–H and O–H groups in total. The number of aryl methyl sites for hydroxylation is 2. The minimum Gasteiger partial charge on any atom is -0.346 e.